The molecule has 2 aromatic rings. The van der Waals surface area contributed by atoms with Crippen LogP contribution in [-0.2, 0) is 6.42 Å². The minimum atomic E-state index is -0.619. The lowest BCUT2D eigenvalue weighted by molar-refractivity contribution is 0.178. The van der Waals surface area contributed by atoms with E-state index < -0.39 is 6.10 Å². The van der Waals surface area contributed by atoms with E-state index in [9.17, 15) is 5.11 Å². The van der Waals surface area contributed by atoms with E-state index in [-0.39, 0.29) is 0 Å². The molecule has 1 N–H and O–H groups in total. The predicted molar refractivity (Wildman–Crippen MR) is 79.3 cm³/mol. The lowest BCUT2D eigenvalue weighted by Crippen LogP contribution is -2.02. The Morgan fingerprint density at radius 3 is 2.33 bits per heavy atom. The second-order valence-corrected chi connectivity index (χ2v) is 5.77. The van der Waals surface area contributed by atoms with E-state index in [1.165, 1.54) is 0 Å². The third kappa shape index (κ3) is 3.48. The van der Waals surface area contributed by atoms with Crippen molar-refractivity contribution in [3.8, 4) is 0 Å². The normalized spacial score (nSPS) is 12.4. The number of benzene rings is 2. The van der Waals surface area contributed by atoms with E-state index in [1.54, 1.807) is 6.07 Å². The summed E-state index contributed by atoms with van der Waals surface area (Å²) in [4.78, 5) is 0. The van der Waals surface area contributed by atoms with Crippen LogP contribution < -0.4 is 0 Å². The first-order valence-corrected chi connectivity index (χ1v) is 6.98. The second-order valence-electron chi connectivity index (χ2n) is 4.01. The van der Waals surface area contributed by atoms with Gasteiger partial charge in [0, 0.05) is 20.9 Å². The van der Waals surface area contributed by atoms with Gasteiger partial charge in [-0.05, 0) is 35.4 Å². The topological polar surface area (TPSA) is 20.2 Å². The molecule has 0 radical (unpaired) electrons. The minimum absolute atomic E-state index is 0.512. The molecule has 0 amide bonds. The standard InChI is InChI=1S/C14H11BrCl2O/c15-10-3-6-12(13(17)8-10)14(18)7-9-1-4-11(16)5-2-9/h1-6,8,14,18H,7H2. The molecule has 0 fully saturated rings. The van der Waals surface area contributed by atoms with Gasteiger partial charge in [-0.1, -0.05) is 57.3 Å². The first kappa shape index (κ1) is 13.9. The SMILES string of the molecule is OC(Cc1ccc(Cl)cc1)c1ccc(Br)cc1Cl. The van der Waals surface area contributed by atoms with Crippen molar-refractivity contribution in [3.05, 3.63) is 68.1 Å². The van der Waals surface area contributed by atoms with E-state index in [0.717, 1.165) is 15.6 Å². The fraction of sp³-hybridized carbons (Fsp3) is 0.143. The molecule has 18 heavy (non-hydrogen) atoms. The molecule has 94 valence electrons. The first-order chi connectivity index (χ1) is 8.56. The summed E-state index contributed by atoms with van der Waals surface area (Å²) in [6.07, 6.45) is -0.106. The van der Waals surface area contributed by atoms with Crippen molar-refractivity contribution in [2.45, 2.75) is 12.5 Å². The zero-order valence-electron chi connectivity index (χ0n) is 9.41. The van der Waals surface area contributed by atoms with Crippen LogP contribution in [0.15, 0.2) is 46.9 Å². The Kier molecular flexibility index (Phi) is 4.68. The summed E-state index contributed by atoms with van der Waals surface area (Å²) in [7, 11) is 0. The van der Waals surface area contributed by atoms with Gasteiger partial charge in [-0.3, -0.25) is 0 Å². The van der Waals surface area contributed by atoms with Crippen LogP contribution in [0.25, 0.3) is 0 Å². The number of hydrogen-bond donors (Lipinski definition) is 1. The van der Waals surface area contributed by atoms with Crippen LogP contribution in [0.5, 0.6) is 0 Å². The van der Waals surface area contributed by atoms with Crippen molar-refractivity contribution >= 4 is 39.1 Å². The molecule has 1 nitrogen and oxygen atoms in total. The van der Waals surface area contributed by atoms with Crippen molar-refractivity contribution in [1.29, 1.82) is 0 Å². The molecular weight excluding hydrogens is 335 g/mol. The van der Waals surface area contributed by atoms with Gasteiger partial charge in [0.25, 0.3) is 0 Å². The molecule has 2 aromatic carbocycles. The Hall–Kier alpha value is -0.540. The van der Waals surface area contributed by atoms with Gasteiger partial charge in [0.1, 0.15) is 0 Å². The number of rotatable bonds is 3. The number of aliphatic hydroxyl groups is 1. The Morgan fingerprint density at radius 2 is 1.72 bits per heavy atom. The molecular formula is C14H11BrCl2O. The number of aliphatic hydroxyl groups excluding tert-OH is 1. The van der Waals surface area contributed by atoms with Crippen molar-refractivity contribution in [3.63, 3.8) is 0 Å². The van der Waals surface area contributed by atoms with Crippen LogP contribution >= 0.6 is 39.1 Å². The summed E-state index contributed by atoms with van der Waals surface area (Å²) in [6, 6.07) is 12.9. The molecule has 0 aliphatic carbocycles. The zero-order chi connectivity index (χ0) is 13.1. The smallest absolute Gasteiger partial charge is 0.0844 e. The second kappa shape index (κ2) is 6.07. The molecule has 0 spiro atoms. The fourth-order valence-electron chi connectivity index (χ4n) is 1.73. The monoisotopic (exact) mass is 344 g/mol. The minimum Gasteiger partial charge on any atom is -0.388 e. The van der Waals surface area contributed by atoms with Gasteiger partial charge in [-0.2, -0.15) is 0 Å². The maximum Gasteiger partial charge on any atom is 0.0844 e. The quantitative estimate of drug-likeness (QED) is 0.826. The van der Waals surface area contributed by atoms with Crippen LogP contribution in [0.3, 0.4) is 0 Å². The van der Waals surface area contributed by atoms with Crippen molar-refractivity contribution < 1.29 is 5.11 Å². The molecule has 0 bridgehead atoms. The molecule has 1 atom stereocenters. The molecule has 0 heterocycles. The van der Waals surface area contributed by atoms with Gasteiger partial charge in [0.15, 0.2) is 0 Å². The molecule has 0 saturated heterocycles. The van der Waals surface area contributed by atoms with Crippen molar-refractivity contribution in [2.75, 3.05) is 0 Å². The summed E-state index contributed by atoms with van der Waals surface area (Å²) in [5.74, 6) is 0. The van der Waals surface area contributed by atoms with Crippen LogP contribution in [-0.4, -0.2) is 5.11 Å². The Labute approximate surface area is 124 Å². The number of hydrogen-bond acceptors (Lipinski definition) is 1. The Morgan fingerprint density at radius 1 is 1.06 bits per heavy atom. The summed E-state index contributed by atoms with van der Waals surface area (Å²) in [5.41, 5.74) is 1.75. The molecule has 0 saturated carbocycles. The molecule has 0 aliphatic heterocycles. The largest absolute Gasteiger partial charge is 0.388 e. The van der Waals surface area contributed by atoms with Crippen molar-refractivity contribution in [2.24, 2.45) is 0 Å². The van der Waals surface area contributed by atoms with Crippen LogP contribution in [0, 0.1) is 0 Å². The van der Waals surface area contributed by atoms with Gasteiger partial charge in [0.2, 0.25) is 0 Å². The maximum atomic E-state index is 10.2. The van der Waals surface area contributed by atoms with Crippen LogP contribution in [0.4, 0.5) is 0 Å². The van der Waals surface area contributed by atoms with Gasteiger partial charge in [-0.25, -0.2) is 0 Å². The molecule has 0 aromatic heterocycles. The highest BCUT2D eigenvalue weighted by Gasteiger charge is 2.12. The van der Waals surface area contributed by atoms with Gasteiger partial charge < -0.3 is 5.11 Å². The lowest BCUT2D eigenvalue weighted by atomic mass is 10.0. The van der Waals surface area contributed by atoms with Crippen LogP contribution in [0.2, 0.25) is 10.0 Å². The average molecular weight is 346 g/mol. The summed E-state index contributed by atoms with van der Waals surface area (Å²) < 4.78 is 0.898. The first-order valence-electron chi connectivity index (χ1n) is 5.44. The van der Waals surface area contributed by atoms with E-state index in [1.807, 2.05) is 36.4 Å². The summed E-state index contributed by atoms with van der Waals surface area (Å²) >= 11 is 15.3. The molecule has 4 heteroatoms. The fourth-order valence-corrected chi connectivity index (χ4v) is 2.65. The van der Waals surface area contributed by atoms with E-state index in [0.29, 0.717) is 16.5 Å². The van der Waals surface area contributed by atoms with Gasteiger partial charge in [-0.15, -0.1) is 0 Å². The highest BCUT2D eigenvalue weighted by Crippen LogP contribution is 2.28. The molecule has 2 rings (SSSR count). The maximum absolute atomic E-state index is 10.2. The third-order valence-corrected chi connectivity index (χ3v) is 3.74. The Balaban J connectivity index is 2.16. The summed E-state index contributed by atoms with van der Waals surface area (Å²) in [5, 5.41) is 11.4. The zero-order valence-corrected chi connectivity index (χ0v) is 12.5. The van der Waals surface area contributed by atoms with Gasteiger partial charge in [0.05, 0.1) is 6.10 Å². The third-order valence-electron chi connectivity index (χ3n) is 2.66. The molecule has 1 unspecified atom stereocenters. The van der Waals surface area contributed by atoms with E-state index in [2.05, 4.69) is 15.9 Å². The van der Waals surface area contributed by atoms with Crippen LogP contribution in [0.1, 0.15) is 17.2 Å². The molecule has 0 aliphatic rings. The Bertz CT molecular complexity index is 540. The number of halogens is 3. The predicted octanol–water partition coefficient (Wildman–Crippen LogP) is 5.03. The highest BCUT2D eigenvalue weighted by atomic mass is 79.9. The average Bonchev–Trinajstić information content (AvgIpc) is 2.32. The highest BCUT2D eigenvalue weighted by molar-refractivity contribution is 9.10. The van der Waals surface area contributed by atoms with E-state index >= 15 is 0 Å². The van der Waals surface area contributed by atoms with Crippen molar-refractivity contribution in [1.82, 2.24) is 0 Å². The summed E-state index contributed by atoms with van der Waals surface area (Å²) in [6.45, 7) is 0. The van der Waals surface area contributed by atoms with Gasteiger partial charge >= 0.3 is 0 Å². The lowest BCUT2D eigenvalue weighted by Gasteiger charge is -2.13. The van der Waals surface area contributed by atoms with E-state index in [4.69, 9.17) is 23.2 Å².